The van der Waals surface area contributed by atoms with Gasteiger partial charge in [-0.1, -0.05) is 30.3 Å². The summed E-state index contributed by atoms with van der Waals surface area (Å²) in [7, 11) is 0. The van der Waals surface area contributed by atoms with Crippen molar-refractivity contribution in [3.8, 4) is 0 Å². The summed E-state index contributed by atoms with van der Waals surface area (Å²) in [5.74, 6) is -4.94. The number of alkyl halides is 5. The minimum Gasteiger partial charge on any atom is -0.454 e. The molecule has 25 heavy (non-hydrogen) atoms. The van der Waals surface area contributed by atoms with Crippen molar-refractivity contribution >= 4 is 5.97 Å². The van der Waals surface area contributed by atoms with Crippen LogP contribution in [0.25, 0.3) is 0 Å². The van der Waals surface area contributed by atoms with Crippen molar-refractivity contribution in [2.45, 2.75) is 49.8 Å². The molecule has 8 heteroatoms. The van der Waals surface area contributed by atoms with E-state index in [-0.39, 0.29) is 0 Å². The number of benzene rings is 1. The van der Waals surface area contributed by atoms with Crippen LogP contribution in [0.3, 0.4) is 0 Å². The number of carbonyl (C=O) groups excluding carboxylic acids is 1. The summed E-state index contributed by atoms with van der Waals surface area (Å²) in [6.45, 7) is 1.10. The summed E-state index contributed by atoms with van der Waals surface area (Å²) in [4.78, 5) is 12.0. The molecule has 0 aromatic heterocycles. The lowest BCUT2D eigenvalue weighted by Crippen LogP contribution is -2.43. The zero-order chi connectivity index (χ0) is 18.6. The van der Waals surface area contributed by atoms with Gasteiger partial charge in [0, 0.05) is 25.7 Å². The average molecular weight is 365 g/mol. The lowest BCUT2D eigenvalue weighted by atomic mass is 9.84. The summed E-state index contributed by atoms with van der Waals surface area (Å²) < 4.78 is 69.1. The van der Waals surface area contributed by atoms with E-state index in [1.54, 1.807) is 30.3 Å². The molecule has 1 heterocycles. The fraction of sp³-hybridized carbons (Fsp3) is 0.588. The molecule has 1 N–H and O–H groups in total. The van der Waals surface area contributed by atoms with Gasteiger partial charge in [-0.25, -0.2) is 8.78 Å². The van der Waals surface area contributed by atoms with E-state index in [4.69, 9.17) is 4.74 Å². The topological polar surface area (TPSA) is 38.3 Å². The van der Waals surface area contributed by atoms with Crippen LogP contribution in [0.5, 0.6) is 0 Å². The second-order valence-corrected chi connectivity index (χ2v) is 6.23. The number of hydrogen-bond donors (Lipinski definition) is 1. The zero-order valence-corrected chi connectivity index (χ0v) is 13.5. The van der Waals surface area contributed by atoms with Crippen LogP contribution in [0.15, 0.2) is 30.3 Å². The van der Waals surface area contributed by atoms with Crippen LogP contribution in [-0.4, -0.2) is 31.2 Å². The molecule has 0 radical (unpaired) electrons. The van der Waals surface area contributed by atoms with Gasteiger partial charge in [0.25, 0.3) is 5.92 Å². The number of nitrogens with one attached hydrogen (secondary N) is 1. The van der Waals surface area contributed by atoms with Crippen LogP contribution in [-0.2, 0) is 15.1 Å². The van der Waals surface area contributed by atoms with Crippen LogP contribution in [0.1, 0.15) is 37.7 Å². The highest BCUT2D eigenvalue weighted by atomic mass is 19.4. The number of rotatable bonds is 6. The van der Waals surface area contributed by atoms with Gasteiger partial charge in [-0.15, -0.1) is 0 Å². The molecule has 0 atom stereocenters. The van der Waals surface area contributed by atoms with Crippen LogP contribution in [0.2, 0.25) is 0 Å². The fourth-order valence-corrected chi connectivity index (χ4v) is 2.90. The Hall–Kier alpha value is -1.70. The second kappa shape index (κ2) is 7.68. The number of carbonyl (C=O) groups is 1. The number of hydrogen-bond acceptors (Lipinski definition) is 3. The Morgan fingerprint density at radius 1 is 1.04 bits per heavy atom. The van der Waals surface area contributed by atoms with Crippen molar-refractivity contribution in [2.24, 2.45) is 0 Å². The first kappa shape index (κ1) is 19.6. The predicted octanol–water partition coefficient (Wildman–Crippen LogP) is 4.18. The highest BCUT2D eigenvalue weighted by Crippen LogP contribution is 2.37. The SMILES string of the molecule is O=C(CC(F)(F)CCC(F)(F)F)OC1(c2ccccc2)CCNCC1. The van der Waals surface area contributed by atoms with Gasteiger partial charge in [0.1, 0.15) is 12.0 Å². The van der Waals surface area contributed by atoms with Gasteiger partial charge < -0.3 is 10.1 Å². The third-order valence-electron chi connectivity index (χ3n) is 4.20. The summed E-state index contributed by atoms with van der Waals surface area (Å²) in [6.07, 6.45) is -8.28. The molecular formula is C17H20F5NO2. The van der Waals surface area contributed by atoms with Crippen molar-refractivity contribution in [3.05, 3.63) is 35.9 Å². The molecule has 0 aliphatic carbocycles. The first-order valence-corrected chi connectivity index (χ1v) is 8.05. The van der Waals surface area contributed by atoms with Crippen LogP contribution >= 0.6 is 0 Å². The molecule has 1 aliphatic heterocycles. The third-order valence-corrected chi connectivity index (χ3v) is 4.20. The molecule has 140 valence electrons. The predicted molar refractivity (Wildman–Crippen MR) is 81.2 cm³/mol. The zero-order valence-electron chi connectivity index (χ0n) is 13.5. The average Bonchev–Trinajstić information content (AvgIpc) is 2.54. The number of halogens is 5. The molecule has 0 unspecified atom stereocenters. The van der Waals surface area contributed by atoms with E-state index >= 15 is 0 Å². The fourth-order valence-electron chi connectivity index (χ4n) is 2.90. The van der Waals surface area contributed by atoms with Crippen LogP contribution in [0.4, 0.5) is 22.0 Å². The van der Waals surface area contributed by atoms with E-state index in [1.165, 1.54) is 0 Å². The van der Waals surface area contributed by atoms with E-state index in [2.05, 4.69) is 5.32 Å². The third kappa shape index (κ3) is 5.95. The van der Waals surface area contributed by atoms with Gasteiger partial charge in [-0.3, -0.25) is 4.79 Å². The Kier molecular flexibility index (Phi) is 6.03. The molecule has 1 aromatic carbocycles. The molecule has 1 saturated heterocycles. The largest absolute Gasteiger partial charge is 0.454 e. The monoisotopic (exact) mass is 365 g/mol. The first-order chi connectivity index (χ1) is 11.6. The van der Waals surface area contributed by atoms with Gasteiger partial charge in [0.2, 0.25) is 0 Å². The minimum absolute atomic E-state index is 0.414. The minimum atomic E-state index is -4.69. The van der Waals surface area contributed by atoms with Gasteiger partial charge >= 0.3 is 12.1 Å². The Morgan fingerprint density at radius 3 is 2.20 bits per heavy atom. The molecule has 2 rings (SSSR count). The quantitative estimate of drug-likeness (QED) is 0.607. The van der Waals surface area contributed by atoms with Gasteiger partial charge in [0.15, 0.2) is 0 Å². The van der Waals surface area contributed by atoms with Gasteiger partial charge in [0.05, 0.1) is 0 Å². The lowest BCUT2D eigenvalue weighted by molar-refractivity contribution is -0.177. The van der Waals surface area contributed by atoms with E-state index in [9.17, 15) is 26.7 Å². The maximum Gasteiger partial charge on any atom is 0.389 e. The van der Waals surface area contributed by atoms with Gasteiger partial charge in [-0.2, -0.15) is 13.2 Å². The van der Waals surface area contributed by atoms with Gasteiger partial charge in [-0.05, 0) is 18.7 Å². The summed E-state index contributed by atoms with van der Waals surface area (Å²) in [6, 6.07) is 8.79. The van der Waals surface area contributed by atoms with E-state index in [0.717, 1.165) is 0 Å². The standard InChI is InChI=1S/C17H20F5NO2/c18-16(19,6-7-17(20,21)22)12-14(24)25-15(8-10-23-11-9-15)13-4-2-1-3-5-13/h1-5,23H,6-12H2. The summed E-state index contributed by atoms with van der Waals surface area (Å²) in [5.41, 5.74) is -0.326. The normalized spacial score (nSPS) is 18.0. The summed E-state index contributed by atoms with van der Waals surface area (Å²) >= 11 is 0. The Morgan fingerprint density at radius 2 is 1.64 bits per heavy atom. The smallest absolute Gasteiger partial charge is 0.389 e. The first-order valence-electron chi connectivity index (χ1n) is 8.05. The number of ether oxygens (including phenoxy) is 1. The molecule has 0 amide bonds. The highest BCUT2D eigenvalue weighted by Gasteiger charge is 2.42. The summed E-state index contributed by atoms with van der Waals surface area (Å²) in [5, 5.41) is 3.10. The Labute approximate surface area is 142 Å². The van der Waals surface area contributed by atoms with Crippen molar-refractivity contribution in [1.82, 2.24) is 5.32 Å². The molecule has 1 aliphatic rings. The molecule has 3 nitrogen and oxygen atoms in total. The number of piperidine rings is 1. The van der Waals surface area contributed by atoms with Crippen LogP contribution in [0, 0.1) is 0 Å². The van der Waals surface area contributed by atoms with Crippen molar-refractivity contribution in [3.63, 3.8) is 0 Å². The highest BCUT2D eigenvalue weighted by molar-refractivity contribution is 5.71. The number of esters is 1. The Balaban J connectivity index is 2.05. The van der Waals surface area contributed by atoms with Crippen molar-refractivity contribution < 1.29 is 31.5 Å². The second-order valence-electron chi connectivity index (χ2n) is 6.23. The molecule has 1 aromatic rings. The molecule has 0 saturated carbocycles. The maximum atomic E-state index is 13.7. The van der Waals surface area contributed by atoms with Crippen molar-refractivity contribution in [1.29, 1.82) is 0 Å². The van der Waals surface area contributed by atoms with Crippen LogP contribution < -0.4 is 5.32 Å². The molecule has 0 spiro atoms. The van der Waals surface area contributed by atoms with E-state index in [1.807, 2.05) is 0 Å². The molecular weight excluding hydrogens is 345 g/mol. The van der Waals surface area contributed by atoms with Crippen molar-refractivity contribution in [2.75, 3.05) is 13.1 Å². The van der Waals surface area contributed by atoms with E-state index in [0.29, 0.717) is 31.5 Å². The molecule has 1 fully saturated rings. The van der Waals surface area contributed by atoms with E-state index < -0.39 is 42.9 Å². The molecule has 0 bridgehead atoms. The lowest BCUT2D eigenvalue weighted by Gasteiger charge is -2.38. The maximum absolute atomic E-state index is 13.7. The Bertz CT molecular complexity index is 568.